The molecule has 1 aliphatic rings. The molecule has 0 aromatic heterocycles. The van der Waals surface area contributed by atoms with Gasteiger partial charge in [-0.15, -0.1) is 0 Å². The zero-order valence-corrected chi connectivity index (χ0v) is 10.5. The third-order valence-electron chi connectivity index (χ3n) is 3.17. The predicted molar refractivity (Wildman–Crippen MR) is 63.5 cm³/mol. The molecule has 0 spiro atoms. The summed E-state index contributed by atoms with van der Waals surface area (Å²) in [6.45, 7) is 5.14. The number of hydrogen-bond acceptors (Lipinski definition) is 4. The molecular formula is C12H25NO3. The minimum absolute atomic E-state index is 0.162. The van der Waals surface area contributed by atoms with E-state index in [4.69, 9.17) is 9.47 Å². The van der Waals surface area contributed by atoms with Crippen molar-refractivity contribution < 1.29 is 14.6 Å². The van der Waals surface area contributed by atoms with Gasteiger partial charge in [-0.1, -0.05) is 6.92 Å². The summed E-state index contributed by atoms with van der Waals surface area (Å²) in [5, 5.41) is 12.9. The maximum Gasteiger partial charge on any atom is 0.0679 e. The molecular weight excluding hydrogens is 206 g/mol. The molecule has 4 nitrogen and oxygen atoms in total. The zero-order chi connectivity index (χ0) is 11.9. The molecule has 0 amide bonds. The molecule has 1 rings (SSSR count). The van der Waals surface area contributed by atoms with Gasteiger partial charge in [0.15, 0.2) is 0 Å². The molecule has 96 valence electrons. The van der Waals surface area contributed by atoms with Crippen LogP contribution in [0.25, 0.3) is 0 Å². The van der Waals surface area contributed by atoms with Crippen molar-refractivity contribution in [2.24, 2.45) is 5.92 Å². The van der Waals surface area contributed by atoms with E-state index in [-0.39, 0.29) is 12.1 Å². The van der Waals surface area contributed by atoms with Gasteiger partial charge in [0.25, 0.3) is 0 Å². The number of aliphatic hydroxyl groups excluding tert-OH is 1. The number of nitrogens with one attached hydrogen (secondary N) is 1. The predicted octanol–water partition coefficient (Wildman–Crippen LogP) is 0.790. The monoisotopic (exact) mass is 231 g/mol. The third-order valence-corrected chi connectivity index (χ3v) is 3.17. The Balaban J connectivity index is 2.26. The third kappa shape index (κ3) is 4.01. The van der Waals surface area contributed by atoms with Gasteiger partial charge in [-0.3, -0.25) is 0 Å². The van der Waals surface area contributed by atoms with Crippen molar-refractivity contribution in [3.05, 3.63) is 0 Å². The molecule has 1 atom stereocenters. The number of likely N-dealkylation sites (N-methyl/N-ethyl adjacent to an activating group) is 1. The van der Waals surface area contributed by atoms with Gasteiger partial charge in [-0.2, -0.15) is 0 Å². The highest BCUT2D eigenvalue weighted by atomic mass is 16.5. The first-order valence-electron chi connectivity index (χ1n) is 6.21. The number of ether oxygens (including phenoxy) is 2. The molecule has 1 saturated carbocycles. The van der Waals surface area contributed by atoms with E-state index < -0.39 is 0 Å². The minimum atomic E-state index is -0.207. The highest BCUT2D eigenvalue weighted by Crippen LogP contribution is 2.39. The van der Waals surface area contributed by atoms with Crippen LogP contribution in [0.5, 0.6) is 0 Å². The summed E-state index contributed by atoms with van der Waals surface area (Å²) in [7, 11) is 1.70. The van der Waals surface area contributed by atoms with E-state index in [0.29, 0.717) is 19.1 Å². The quantitative estimate of drug-likeness (QED) is 0.546. The second kappa shape index (κ2) is 7.22. The first kappa shape index (κ1) is 13.9. The Labute approximate surface area is 98.3 Å². The Morgan fingerprint density at radius 1 is 1.38 bits per heavy atom. The zero-order valence-electron chi connectivity index (χ0n) is 10.5. The molecule has 0 aromatic carbocycles. The molecule has 0 radical (unpaired) electrons. The van der Waals surface area contributed by atoms with Crippen molar-refractivity contribution in [2.75, 3.05) is 40.1 Å². The van der Waals surface area contributed by atoms with Gasteiger partial charge in [0.1, 0.15) is 0 Å². The summed E-state index contributed by atoms with van der Waals surface area (Å²) in [5.41, 5.74) is -0.207. The van der Waals surface area contributed by atoms with Crippen LogP contribution in [0.1, 0.15) is 26.2 Å². The van der Waals surface area contributed by atoms with Crippen LogP contribution >= 0.6 is 0 Å². The second-order valence-electron chi connectivity index (χ2n) is 4.52. The van der Waals surface area contributed by atoms with Gasteiger partial charge >= 0.3 is 0 Å². The van der Waals surface area contributed by atoms with Crippen molar-refractivity contribution in [1.29, 1.82) is 0 Å². The topological polar surface area (TPSA) is 50.7 Å². The number of aliphatic hydroxyl groups is 1. The lowest BCUT2D eigenvalue weighted by Crippen LogP contribution is -2.54. The molecule has 0 heterocycles. The number of rotatable bonds is 10. The Kier molecular flexibility index (Phi) is 6.28. The van der Waals surface area contributed by atoms with Crippen LogP contribution in [-0.4, -0.2) is 50.7 Å². The summed E-state index contributed by atoms with van der Waals surface area (Å²) in [5.74, 6) is 0.583. The van der Waals surface area contributed by atoms with E-state index in [1.165, 1.54) is 12.8 Å². The van der Waals surface area contributed by atoms with Gasteiger partial charge in [0, 0.05) is 20.3 Å². The lowest BCUT2D eigenvalue weighted by atomic mass is 9.95. The van der Waals surface area contributed by atoms with Crippen LogP contribution in [0, 0.1) is 5.92 Å². The first-order valence-corrected chi connectivity index (χ1v) is 6.21. The van der Waals surface area contributed by atoms with Gasteiger partial charge in [0.2, 0.25) is 0 Å². The van der Waals surface area contributed by atoms with E-state index >= 15 is 0 Å². The molecule has 1 fully saturated rings. The van der Waals surface area contributed by atoms with E-state index in [1.807, 2.05) is 0 Å². The second-order valence-corrected chi connectivity index (χ2v) is 4.52. The minimum Gasteiger partial charge on any atom is -0.394 e. The normalized spacial score (nSPS) is 19.7. The Hall–Kier alpha value is -0.160. The van der Waals surface area contributed by atoms with Crippen LogP contribution in [0.4, 0.5) is 0 Å². The van der Waals surface area contributed by atoms with Crippen molar-refractivity contribution in [2.45, 2.75) is 31.7 Å². The smallest absolute Gasteiger partial charge is 0.0679 e. The first-order chi connectivity index (χ1) is 7.79. The summed E-state index contributed by atoms with van der Waals surface area (Å²) in [6.07, 6.45) is 3.32. The van der Waals surface area contributed by atoms with Crippen LogP contribution in [-0.2, 0) is 9.47 Å². The highest BCUT2D eigenvalue weighted by molar-refractivity contribution is 5.00. The molecule has 1 unspecified atom stereocenters. The van der Waals surface area contributed by atoms with Crippen LogP contribution < -0.4 is 5.32 Å². The van der Waals surface area contributed by atoms with E-state index in [9.17, 15) is 5.11 Å². The standard InChI is InChI=1S/C12H25NO3/c1-3-13-12(9-14,11-5-6-11)10-16-8-4-7-15-2/h11,13-14H,3-10H2,1-2H3. The van der Waals surface area contributed by atoms with Crippen LogP contribution in [0.2, 0.25) is 0 Å². The summed E-state index contributed by atoms with van der Waals surface area (Å²) < 4.78 is 10.6. The van der Waals surface area contributed by atoms with E-state index in [0.717, 1.165) is 19.6 Å². The Morgan fingerprint density at radius 2 is 2.12 bits per heavy atom. The lowest BCUT2D eigenvalue weighted by molar-refractivity contribution is 0.0178. The molecule has 2 N–H and O–H groups in total. The molecule has 0 aliphatic heterocycles. The van der Waals surface area contributed by atoms with Gasteiger partial charge in [-0.25, -0.2) is 0 Å². The summed E-state index contributed by atoms with van der Waals surface area (Å²) in [4.78, 5) is 0. The number of methoxy groups -OCH3 is 1. The summed E-state index contributed by atoms with van der Waals surface area (Å²) >= 11 is 0. The largest absolute Gasteiger partial charge is 0.394 e. The molecule has 4 heteroatoms. The van der Waals surface area contributed by atoms with Gasteiger partial charge in [0.05, 0.1) is 18.8 Å². The van der Waals surface area contributed by atoms with E-state index in [2.05, 4.69) is 12.2 Å². The average Bonchev–Trinajstić information content (AvgIpc) is 3.11. The van der Waals surface area contributed by atoms with E-state index in [1.54, 1.807) is 7.11 Å². The van der Waals surface area contributed by atoms with Crippen LogP contribution in [0.3, 0.4) is 0 Å². The van der Waals surface area contributed by atoms with Crippen molar-refractivity contribution >= 4 is 0 Å². The molecule has 1 aliphatic carbocycles. The fourth-order valence-electron chi connectivity index (χ4n) is 2.09. The fourth-order valence-corrected chi connectivity index (χ4v) is 2.09. The lowest BCUT2D eigenvalue weighted by Gasteiger charge is -2.32. The molecule has 0 saturated heterocycles. The maximum atomic E-state index is 9.55. The van der Waals surface area contributed by atoms with Crippen molar-refractivity contribution in [3.8, 4) is 0 Å². The SMILES string of the molecule is CCNC(CO)(COCCCOC)C1CC1. The fraction of sp³-hybridized carbons (Fsp3) is 1.00. The Bertz CT molecular complexity index is 185. The van der Waals surface area contributed by atoms with Gasteiger partial charge in [-0.05, 0) is 31.7 Å². The van der Waals surface area contributed by atoms with Gasteiger partial charge < -0.3 is 19.9 Å². The Morgan fingerprint density at radius 3 is 2.62 bits per heavy atom. The average molecular weight is 231 g/mol. The summed E-state index contributed by atoms with van der Waals surface area (Å²) in [6, 6.07) is 0. The van der Waals surface area contributed by atoms with Crippen molar-refractivity contribution in [3.63, 3.8) is 0 Å². The number of hydrogen-bond donors (Lipinski definition) is 2. The molecule has 16 heavy (non-hydrogen) atoms. The van der Waals surface area contributed by atoms with Crippen LogP contribution in [0.15, 0.2) is 0 Å². The molecule has 0 aromatic rings. The van der Waals surface area contributed by atoms with Crippen molar-refractivity contribution in [1.82, 2.24) is 5.32 Å². The highest BCUT2D eigenvalue weighted by Gasteiger charge is 2.44. The maximum absolute atomic E-state index is 9.55. The molecule has 0 bridgehead atoms.